The Bertz CT molecular complexity index is 789. The van der Waals surface area contributed by atoms with Crippen LogP contribution in [0.25, 0.3) is 5.82 Å². The number of likely N-dealkylation sites (N-methyl/N-ethyl adjacent to an activating group) is 1. The SMILES string of the molecule is CCN1CCc2ncc(-n3ccn(C4CCNCC4)c3=O)nc2CC1. The van der Waals surface area contributed by atoms with Crippen LogP contribution in [0.5, 0.6) is 0 Å². The van der Waals surface area contributed by atoms with Crippen LogP contribution in [0.3, 0.4) is 0 Å². The average Bonchev–Trinajstić information content (AvgIpc) is 2.92. The fourth-order valence-electron chi connectivity index (χ4n) is 3.85. The van der Waals surface area contributed by atoms with Crippen molar-refractivity contribution in [2.24, 2.45) is 0 Å². The van der Waals surface area contributed by atoms with Gasteiger partial charge in [0.1, 0.15) is 0 Å². The monoisotopic (exact) mass is 342 g/mol. The second-order valence-corrected chi connectivity index (χ2v) is 6.90. The van der Waals surface area contributed by atoms with Crippen molar-refractivity contribution >= 4 is 0 Å². The lowest BCUT2D eigenvalue weighted by Gasteiger charge is -2.23. The molecule has 0 bridgehead atoms. The molecule has 134 valence electrons. The van der Waals surface area contributed by atoms with Gasteiger partial charge in [0.25, 0.3) is 0 Å². The summed E-state index contributed by atoms with van der Waals surface area (Å²) in [5.74, 6) is 0.640. The Morgan fingerprint density at radius 2 is 1.92 bits per heavy atom. The van der Waals surface area contributed by atoms with E-state index in [0.29, 0.717) is 5.82 Å². The highest BCUT2D eigenvalue weighted by Crippen LogP contribution is 2.17. The Morgan fingerprint density at radius 1 is 1.16 bits per heavy atom. The smallest absolute Gasteiger partial charge is 0.317 e. The molecule has 0 aromatic carbocycles. The molecule has 25 heavy (non-hydrogen) atoms. The topological polar surface area (TPSA) is 68.0 Å². The van der Waals surface area contributed by atoms with Crippen LogP contribution < -0.4 is 11.0 Å². The molecule has 0 unspecified atom stereocenters. The van der Waals surface area contributed by atoms with Crippen LogP contribution in [0.4, 0.5) is 0 Å². The molecule has 2 aliphatic heterocycles. The van der Waals surface area contributed by atoms with E-state index in [1.807, 2.05) is 17.0 Å². The first-order chi connectivity index (χ1) is 12.3. The minimum Gasteiger partial charge on any atom is -0.317 e. The molecular formula is C18H26N6O. The van der Waals surface area contributed by atoms with Crippen LogP contribution in [0, 0.1) is 0 Å². The third-order valence-electron chi connectivity index (χ3n) is 5.45. The highest BCUT2D eigenvalue weighted by Gasteiger charge is 2.20. The first kappa shape index (κ1) is 16.5. The Morgan fingerprint density at radius 3 is 2.68 bits per heavy atom. The van der Waals surface area contributed by atoms with Crippen molar-refractivity contribution in [1.82, 2.24) is 29.3 Å². The lowest BCUT2D eigenvalue weighted by molar-refractivity contribution is 0.302. The van der Waals surface area contributed by atoms with Crippen molar-refractivity contribution in [3.05, 3.63) is 40.5 Å². The molecule has 0 saturated carbocycles. The largest absolute Gasteiger partial charge is 0.334 e. The van der Waals surface area contributed by atoms with Gasteiger partial charge in [-0.1, -0.05) is 6.92 Å². The number of fused-ring (bicyclic) bond motifs is 1. The van der Waals surface area contributed by atoms with E-state index < -0.39 is 0 Å². The van der Waals surface area contributed by atoms with E-state index in [9.17, 15) is 4.79 Å². The zero-order valence-electron chi connectivity index (χ0n) is 14.8. The summed E-state index contributed by atoms with van der Waals surface area (Å²) in [6, 6.07) is 0.280. The van der Waals surface area contributed by atoms with Crippen molar-refractivity contribution in [3.63, 3.8) is 0 Å². The normalized spacial score (nSPS) is 19.6. The molecule has 2 aliphatic rings. The second-order valence-electron chi connectivity index (χ2n) is 6.90. The number of imidazole rings is 1. The maximum Gasteiger partial charge on any atom is 0.334 e. The molecule has 0 amide bonds. The highest BCUT2D eigenvalue weighted by molar-refractivity contribution is 5.25. The lowest BCUT2D eigenvalue weighted by atomic mass is 10.1. The van der Waals surface area contributed by atoms with Gasteiger partial charge in [0.15, 0.2) is 5.82 Å². The third kappa shape index (κ3) is 3.26. The van der Waals surface area contributed by atoms with Crippen LogP contribution in [0.2, 0.25) is 0 Å². The second kappa shape index (κ2) is 7.09. The summed E-state index contributed by atoms with van der Waals surface area (Å²) in [5, 5.41) is 3.34. The van der Waals surface area contributed by atoms with E-state index in [1.165, 1.54) is 0 Å². The molecule has 1 saturated heterocycles. The number of nitrogens with one attached hydrogen (secondary N) is 1. The van der Waals surface area contributed by atoms with Crippen LogP contribution >= 0.6 is 0 Å². The number of nitrogens with zero attached hydrogens (tertiary/aromatic N) is 5. The molecule has 0 radical (unpaired) electrons. The summed E-state index contributed by atoms with van der Waals surface area (Å²) < 4.78 is 3.49. The van der Waals surface area contributed by atoms with E-state index in [0.717, 1.165) is 69.8 Å². The van der Waals surface area contributed by atoms with Crippen LogP contribution in [0.1, 0.15) is 37.2 Å². The first-order valence-corrected chi connectivity index (χ1v) is 9.34. The molecule has 7 heteroatoms. The fourth-order valence-corrected chi connectivity index (χ4v) is 3.85. The van der Waals surface area contributed by atoms with Gasteiger partial charge in [-0.3, -0.25) is 14.1 Å². The van der Waals surface area contributed by atoms with Crippen molar-refractivity contribution in [3.8, 4) is 5.82 Å². The lowest BCUT2D eigenvalue weighted by Crippen LogP contribution is -2.34. The summed E-state index contributed by atoms with van der Waals surface area (Å²) >= 11 is 0. The molecule has 1 N–H and O–H groups in total. The predicted octanol–water partition coefficient (Wildman–Crippen LogP) is 0.774. The zero-order chi connectivity index (χ0) is 17.2. The molecule has 4 rings (SSSR count). The van der Waals surface area contributed by atoms with E-state index in [1.54, 1.807) is 10.8 Å². The number of hydrogen-bond acceptors (Lipinski definition) is 5. The summed E-state index contributed by atoms with van der Waals surface area (Å²) in [7, 11) is 0. The molecule has 0 aliphatic carbocycles. The molecule has 0 spiro atoms. The van der Waals surface area contributed by atoms with Crippen molar-refractivity contribution < 1.29 is 0 Å². The van der Waals surface area contributed by atoms with Gasteiger partial charge < -0.3 is 10.2 Å². The van der Waals surface area contributed by atoms with Gasteiger partial charge in [0, 0.05) is 44.4 Å². The Labute approximate surface area is 147 Å². The number of hydrogen-bond donors (Lipinski definition) is 1. The fraction of sp³-hybridized carbons (Fsp3) is 0.611. The van der Waals surface area contributed by atoms with E-state index in [4.69, 9.17) is 4.98 Å². The maximum atomic E-state index is 12.8. The summed E-state index contributed by atoms with van der Waals surface area (Å²) in [5.41, 5.74) is 2.10. The standard InChI is InChI=1S/C18H26N6O/c1-2-22-9-5-15-16(6-10-22)21-17(13-20-15)24-12-11-23(18(24)25)14-3-7-19-8-4-14/h11-14,19H,2-10H2,1H3. The van der Waals surface area contributed by atoms with Crippen molar-refractivity contribution in [1.29, 1.82) is 0 Å². The molecule has 4 heterocycles. The Kier molecular flexibility index (Phi) is 4.67. The van der Waals surface area contributed by atoms with Gasteiger partial charge in [0.2, 0.25) is 0 Å². The highest BCUT2D eigenvalue weighted by atomic mass is 16.1. The van der Waals surface area contributed by atoms with Crippen LogP contribution in [-0.2, 0) is 12.8 Å². The minimum absolute atomic E-state index is 0.00930. The van der Waals surface area contributed by atoms with Gasteiger partial charge in [-0.15, -0.1) is 0 Å². The quantitative estimate of drug-likeness (QED) is 0.893. The van der Waals surface area contributed by atoms with Crippen LogP contribution in [-0.4, -0.2) is 56.7 Å². The maximum absolute atomic E-state index is 12.8. The van der Waals surface area contributed by atoms with Gasteiger partial charge in [0.05, 0.1) is 17.6 Å². The van der Waals surface area contributed by atoms with Crippen LogP contribution in [0.15, 0.2) is 23.4 Å². The summed E-state index contributed by atoms with van der Waals surface area (Å²) in [6.07, 6.45) is 9.28. The van der Waals surface area contributed by atoms with Crippen molar-refractivity contribution in [2.75, 3.05) is 32.7 Å². The summed E-state index contributed by atoms with van der Waals surface area (Å²) in [6.45, 7) is 7.21. The van der Waals surface area contributed by atoms with E-state index in [-0.39, 0.29) is 11.7 Å². The van der Waals surface area contributed by atoms with Gasteiger partial charge in [-0.05, 0) is 32.5 Å². The molecular weight excluding hydrogens is 316 g/mol. The predicted molar refractivity (Wildman–Crippen MR) is 96.3 cm³/mol. The molecule has 2 aromatic heterocycles. The molecule has 1 fully saturated rings. The number of rotatable bonds is 3. The Hall–Kier alpha value is -1.99. The van der Waals surface area contributed by atoms with Gasteiger partial charge in [-0.25, -0.2) is 9.78 Å². The number of aromatic nitrogens is 4. The van der Waals surface area contributed by atoms with Gasteiger partial charge in [-0.2, -0.15) is 0 Å². The average molecular weight is 342 g/mol. The van der Waals surface area contributed by atoms with E-state index >= 15 is 0 Å². The molecule has 2 aromatic rings. The third-order valence-corrected chi connectivity index (χ3v) is 5.45. The minimum atomic E-state index is -0.00930. The Balaban J connectivity index is 1.62. The molecule has 7 nitrogen and oxygen atoms in total. The van der Waals surface area contributed by atoms with Gasteiger partial charge >= 0.3 is 5.69 Å². The summed E-state index contributed by atoms with van der Waals surface area (Å²) in [4.78, 5) is 24.7. The number of piperidine rings is 1. The zero-order valence-corrected chi connectivity index (χ0v) is 14.8. The molecule has 0 atom stereocenters. The first-order valence-electron chi connectivity index (χ1n) is 9.34. The van der Waals surface area contributed by atoms with Crippen molar-refractivity contribution in [2.45, 2.75) is 38.6 Å². The van der Waals surface area contributed by atoms with E-state index in [2.05, 4.69) is 22.1 Å².